The Kier molecular flexibility index (Phi) is 2.44. The number of allylic oxidation sites excluding steroid dienone is 4. The van der Waals surface area contributed by atoms with Crippen LogP contribution in [0.4, 0.5) is 0 Å². The van der Waals surface area contributed by atoms with Crippen LogP contribution in [-0.4, -0.2) is 9.97 Å². The molecule has 2 nitrogen and oxygen atoms in total. The van der Waals surface area contributed by atoms with E-state index >= 15 is 0 Å². The first-order valence-corrected chi connectivity index (χ1v) is 4.93. The molecule has 1 aromatic rings. The van der Waals surface area contributed by atoms with Crippen LogP contribution < -0.4 is 0 Å². The zero-order chi connectivity index (χ0) is 9.97. The van der Waals surface area contributed by atoms with Crippen LogP contribution in [0, 0.1) is 12.8 Å². The highest BCUT2D eigenvalue weighted by molar-refractivity contribution is 5.72. The van der Waals surface area contributed by atoms with Crippen molar-refractivity contribution in [2.24, 2.45) is 5.92 Å². The van der Waals surface area contributed by atoms with Crippen molar-refractivity contribution in [3.63, 3.8) is 0 Å². The molecule has 1 heterocycles. The summed E-state index contributed by atoms with van der Waals surface area (Å²) in [5.74, 6) is 0.650. The third-order valence-corrected chi connectivity index (χ3v) is 2.39. The monoisotopic (exact) mass is 186 g/mol. The molecule has 72 valence electrons. The van der Waals surface area contributed by atoms with Crippen LogP contribution in [0.25, 0.3) is 5.57 Å². The number of aromatic nitrogens is 2. The molecule has 0 fully saturated rings. The summed E-state index contributed by atoms with van der Waals surface area (Å²) in [5, 5.41) is 0. The Labute approximate surface area is 84.4 Å². The second-order valence-electron chi connectivity index (χ2n) is 3.77. The van der Waals surface area contributed by atoms with E-state index < -0.39 is 0 Å². The topological polar surface area (TPSA) is 25.8 Å². The van der Waals surface area contributed by atoms with Crippen LogP contribution in [0.15, 0.2) is 30.6 Å². The van der Waals surface area contributed by atoms with Crippen LogP contribution in [0.3, 0.4) is 0 Å². The molecule has 0 saturated carbocycles. The second-order valence-corrected chi connectivity index (χ2v) is 3.77. The first-order chi connectivity index (χ1) is 6.75. The van der Waals surface area contributed by atoms with Crippen molar-refractivity contribution < 1.29 is 0 Å². The summed E-state index contributed by atoms with van der Waals surface area (Å²) in [5.41, 5.74) is 3.12. The molecule has 14 heavy (non-hydrogen) atoms. The zero-order valence-electron chi connectivity index (χ0n) is 8.57. The molecule has 0 spiro atoms. The Hall–Kier alpha value is -1.44. The molecule has 1 aliphatic carbocycles. The first kappa shape index (κ1) is 9.13. The summed E-state index contributed by atoms with van der Waals surface area (Å²) >= 11 is 0. The summed E-state index contributed by atoms with van der Waals surface area (Å²) in [7, 11) is 0. The van der Waals surface area contributed by atoms with Crippen LogP contribution in [0.5, 0.6) is 0 Å². The summed E-state index contributed by atoms with van der Waals surface area (Å²) in [6.07, 6.45) is 11.3. The molecule has 2 rings (SSSR count). The highest BCUT2D eigenvalue weighted by Crippen LogP contribution is 2.21. The van der Waals surface area contributed by atoms with E-state index in [9.17, 15) is 0 Å². The molecule has 0 amide bonds. The molecular formula is C12H14N2. The molecule has 2 heteroatoms. The first-order valence-electron chi connectivity index (χ1n) is 4.93. The lowest BCUT2D eigenvalue weighted by Crippen LogP contribution is -1.97. The van der Waals surface area contributed by atoms with Crippen molar-refractivity contribution in [3.05, 3.63) is 42.0 Å². The number of hydrogen-bond donors (Lipinski definition) is 0. The predicted octanol–water partition coefficient (Wildman–Crippen LogP) is 2.76. The quantitative estimate of drug-likeness (QED) is 0.674. The van der Waals surface area contributed by atoms with Gasteiger partial charge in [-0.25, -0.2) is 0 Å². The summed E-state index contributed by atoms with van der Waals surface area (Å²) in [6, 6.07) is 0. The largest absolute Gasteiger partial charge is 0.258 e. The fourth-order valence-electron chi connectivity index (χ4n) is 1.46. The molecule has 0 radical (unpaired) electrons. The molecule has 1 aliphatic rings. The highest BCUT2D eigenvalue weighted by atomic mass is 14.8. The van der Waals surface area contributed by atoms with Gasteiger partial charge in [0.05, 0.1) is 17.6 Å². The van der Waals surface area contributed by atoms with Gasteiger partial charge in [-0.15, -0.1) is 0 Å². The van der Waals surface area contributed by atoms with Crippen LogP contribution in [0.1, 0.15) is 24.7 Å². The number of aryl methyl sites for hydroxylation is 1. The van der Waals surface area contributed by atoms with Gasteiger partial charge in [-0.1, -0.05) is 25.2 Å². The van der Waals surface area contributed by atoms with Gasteiger partial charge in [0, 0.05) is 6.20 Å². The van der Waals surface area contributed by atoms with Crippen LogP contribution in [-0.2, 0) is 0 Å². The average molecular weight is 186 g/mol. The molecule has 1 atom stereocenters. The van der Waals surface area contributed by atoms with E-state index in [2.05, 4.69) is 35.1 Å². The lowest BCUT2D eigenvalue weighted by atomic mass is 9.97. The minimum atomic E-state index is 0.650. The van der Waals surface area contributed by atoms with Crippen LogP contribution in [0.2, 0.25) is 0 Å². The SMILES string of the molecule is Cc1cnc(C2=CCC(C)C=C2)cn1. The van der Waals surface area contributed by atoms with E-state index in [1.54, 1.807) is 0 Å². The number of nitrogens with zero attached hydrogens (tertiary/aromatic N) is 2. The molecule has 0 saturated heterocycles. The third kappa shape index (κ3) is 1.90. The maximum absolute atomic E-state index is 4.34. The Morgan fingerprint density at radius 3 is 2.71 bits per heavy atom. The number of hydrogen-bond acceptors (Lipinski definition) is 2. The second kappa shape index (κ2) is 3.74. The average Bonchev–Trinajstić information content (AvgIpc) is 2.21. The van der Waals surface area contributed by atoms with Crippen molar-refractivity contribution in [2.45, 2.75) is 20.3 Å². The Balaban J connectivity index is 2.24. The normalized spacial score (nSPS) is 20.7. The lowest BCUT2D eigenvalue weighted by Gasteiger charge is -2.10. The van der Waals surface area contributed by atoms with E-state index in [0.717, 1.165) is 17.8 Å². The van der Waals surface area contributed by atoms with E-state index in [1.807, 2.05) is 19.3 Å². The minimum absolute atomic E-state index is 0.650. The molecule has 0 aliphatic heterocycles. The third-order valence-electron chi connectivity index (χ3n) is 2.39. The van der Waals surface area contributed by atoms with Gasteiger partial charge in [0.25, 0.3) is 0 Å². The molecule has 0 aromatic carbocycles. The van der Waals surface area contributed by atoms with Gasteiger partial charge in [-0.05, 0) is 24.8 Å². The van der Waals surface area contributed by atoms with Gasteiger partial charge >= 0.3 is 0 Å². The lowest BCUT2D eigenvalue weighted by molar-refractivity contribution is 0.738. The zero-order valence-corrected chi connectivity index (χ0v) is 8.57. The molecular weight excluding hydrogens is 172 g/mol. The summed E-state index contributed by atoms with van der Waals surface area (Å²) < 4.78 is 0. The fraction of sp³-hybridized carbons (Fsp3) is 0.333. The minimum Gasteiger partial charge on any atom is -0.258 e. The van der Waals surface area contributed by atoms with Crippen molar-refractivity contribution in [1.82, 2.24) is 9.97 Å². The van der Waals surface area contributed by atoms with Crippen molar-refractivity contribution in [2.75, 3.05) is 0 Å². The van der Waals surface area contributed by atoms with E-state index in [4.69, 9.17) is 0 Å². The summed E-state index contributed by atoms with van der Waals surface area (Å²) in [4.78, 5) is 8.58. The fourth-order valence-corrected chi connectivity index (χ4v) is 1.46. The maximum Gasteiger partial charge on any atom is 0.0882 e. The van der Waals surface area contributed by atoms with Crippen molar-refractivity contribution in [3.8, 4) is 0 Å². The van der Waals surface area contributed by atoms with E-state index in [-0.39, 0.29) is 0 Å². The highest BCUT2D eigenvalue weighted by Gasteiger charge is 2.06. The summed E-state index contributed by atoms with van der Waals surface area (Å²) in [6.45, 7) is 4.16. The van der Waals surface area contributed by atoms with Gasteiger partial charge < -0.3 is 0 Å². The van der Waals surface area contributed by atoms with Gasteiger partial charge in [-0.3, -0.25) is 9.97 Å². The molecule has 1 unspecified atom stereocenters. The maximum atomic E-state index is 4.34. The van der Waals surface area contributed by atoms with Gasteiger partial charge in [0.2, 0.25) is 0 Å². The molecule has 1 aromatic heterocycles. The van der Waals surface area contributed by atoms with Crippen molar-refractivity contribution in [1.29, 1.82) is 0 Å². The number of rotatable bonds is 1. The van der Waals surface area contributed by atoms with E-state index in [1.165, 1.54) is 5.57 Å². The Morgan fingerprint density at radius 1 is 1.29 bits per heavy atom. The van der Waals surface area contributed by atoms with Gasteiger partial charge in [0.15, 0.2) is 0 Å². The predicted molar refractivity (Wildman–Crippen MR) is 57.7 cm³/mol. The van der Waals surface area contributed by atoms with Gasteiger partial charge in [-0.2, -0.15) is 0 Å². The molecule has 0 bridgehead atoms. The Bertz CT molecular complexity index is 374. The van der Waals surface area contributed by atoms with E-state index in [0.29, 0.717) is 5.92 Å². The van der Waals surface area contributed by atoms with Crippen molar-refractivity contribution >= 4 is 5.57 Å². The standard InChI is InChI=1S/C12H14N2/c1-9-3-5-11(6-4-9)12-8-13-10(2)7-14-12/h3,5-9H,4H2,1-2H3. The smallest absolute Gasteiger partial charge is 0.0882 e. The van der Waals surface area contributed by atoms with Crippen LogP contribution >= 0.6 is 0 Å². The van der Waals surface area contributed by atoms with Gasteiger partial charge in [0.1, 0.15) is 0 Å². The Morgan fingerprint density at radius 2 is 2.14 bits per heavy atom. The molecule has 0 N–H and O–H groups in total.